The molecule has 3 N–H and O–H groups in total. The van der Waals surface area contributed by atoms with Gasteiger partial charge in [0.15, 0.2) is 0 Å². The van der Waals surface area contributed by atoms with E-state index in [1.54, 1.807) is 6.20 Å². The molecular formula is C28H35N6O. The Morgan fingerprint density at radius 3 is 2.57 bits per heavy atom. The predicted molar refractivity (Wildman–Crippen MR) is 139 cm³/mol. The van der Waals surface area contributed by atoms with Crippen molar-refractivity contribution >= 4 is 28.3 Å². The van der Waals surface area contributed by atoms with Crippen molar-refractivity contribution in [3.8, 4) is 0 Å². The molecule has 1 radical (unpaired) electrons. The molecule has 3 aromatic rings. The third-order valence-corrected chi connectivity index (χ3v) is 8.37. The molecule has 2 aromatic heterocycles. The van der Waals surface area contributed by atoms with Gasteiger partial charge in [-0.3, -0.25) is 4.79 Å². The molecule has 35 heavy (non-hydrogen) atoms. The summed E-state index contributed by atoms with van der Waals surface area (Å²) in [4.78, 5) is 22.2. The molecule has 4 saturated carbocycles. The third kappa shape index (κ3) is 4.79. The van der Waals surface area contributed by atoms with E-state index in [2.05, 4.69) is 27.0 Å². The van der Waals surface area contributed by atoms with Crippen LogP contribution >= 0.6 is 0 Å². The van der Waals surface area contributed by atoms with Crippen molar-refractivity contribution in [3.05, 3.63) is 55.1 Å². The summed E-state index contributed by atoms with van der Waals surface area (Å²) in [5, 5.41) is 10.9. The van der Waals surface area contributed by atoms with Crippen LogP contribution in [0.25, 0.3) is 10.9 Å². The first-order valence-electron chi connectivity index (χ1n) is 13.0. The number of imidazole rings is 1. The van der Waals surface area contributed by atoms with Crippen LogP contribution < -0.4 is 16.0 Å². The first kappa shape index (κ1) is 22.5. The lowest BCUT2D eigenvalue weighted by molar-refractivity contribution is -0.124. The van der Waals surface area contributed by atoms with Crippen LogP contribution in [0.2, 0.25) is 0 Å². The fourth-order valence-electron chi connectivity index (χ4n) is 7.35. The summed E-state index contributed by atoms with van der Waals surface area (Å²) in [6.45, 7) is 3.40. The highest BCUT2D eigenvalue weighted by Crippen LogP contribution is 2.61. The summed E-state index contributed by atoms with van der Waals surface area (Å²) in [7, 11) is 1.97. The van der Waals surface area contributed by atoms with Gasteiger partial charge in [-0.25, -0.2) is 9.97 Å². The zero-order chi connectivity index (χ0) is 23.8. The summed E-state index contributed by atoms with van der Waals surface area (Å²) in [5.74, 6) is 4.48. The highest BCUT2D eigenvalue weighted by Gasteiger charge is 2.51. The number of rotatable bonds is 9. The van der Waals surface area contributed by atoms with Crippen molar-refractivity contribution in [2.45, 2.75) is 44.9 Å². The molecule has 0 unspecified atom stereocenters. The SMILES string of the molecule is Cn1ccnc1[CH]NCCNc1ccc2c(NC(=O)CC34CC5CC(CC(C5)C3)C4)cccc2n1. The molecule has 1 amide bonds. The molecule has 0 saturated heterocycles. The molecule has 7 nitrogen and oxygen atoms in total. The second-order valence-corrected chi connectivity index (χ2v) is 11.1. The van der Waals surface area contributed by atoms with Crippen LogP contribution in [0.1, 0.15) is 50.8 Å². The molecule has 183 valence electrons. The topological polar surface area (TPSA) is 83.9 Å². The Morgan fingerprint density at radius 2 is 1.86 bits per heavy atom. The number of amides is 1. The summed E-state index contributed by atoms with van der Waals surface area (Å²) >= 11 is 0. The zero-order valence-electron chi connectivity index (χ0n) is 20.5. The number of nitrogens with zero attached hydrogens (tertiary/aromatic N) is 3. The van der Waals surface area contributed by atoms with Crippen LogP contribution in [0, 0.1) is 29.7 Å². The maximum Gasteiger partial charge on any atom is 0.224 e. The lowest BCUT2D eigenvalue weighted by Crippen LogP contribution is -2.47. The highest BCUT2D eigenvalue weighted by atomic mass is 16.1. The van der Waals surface area contributed by atoms with Crippen molar-refractivity contribution < 1.29 is 4.79 Å². The minimum atomic E-state index is 0.164. The maximum atomic E-state index is 13.2. The standard InChI is InChI=1S/C28H35N6O/c1-34-10-9-31-26(34)18-29-7-8-30-25-6-5-22-23(32-25)3-2-4-24(22)33-27(35)17-28-14-19-11-20(15-28)13-21(12-19)16-28/h2-6,9-10,18-21,29H,7-8,11-17H2,1H3,(H,30,32)(H,33,35). The van der Waals surface area contributed by atoms with Gasteiger partial charge < -0.3 is 20.5 Å². The number of nitrogens with one attached hydrogen (secondary N) is 3. The number of carbonyl (C=O) groups is 1. The normalized spacial score (nSPS) is 26.8. The van der Waals surface area contributed by atoms with E-state index in [0.717, 1.165) is 59.1 Å². The van der Waals surface area contributed by atoms with E-state index in [0.29, 0.717) is 6.42 Å². The Kier molecular flexibility index (Phi) is 5.96. The van der Waals surface area contributed by atoms with E-state index < -0.39 is 0 Å². The first-order valence-corrected chi connectivity index (χ1v) is 13.0. The Hall–Kier alpha value is -2.93. The smallest absolute Gasteiger partial charge is 0.224 e. The largest absolute Gasteiger partial charge is 0.369 e. The number of aromatic nitrogens is 3. The van der Waals surface area contributed by atoms with Crippen LogP contribution in [0.3, 0.4) is 0 Å². The number of hydrogen-bond donors (Lipinski definition) is 3. The average molecular weight is 472 g/mol. The number of fused-ring (bicyclic) bond motifs is 1. The molecule has 0 aliphatic heterocycles. The Morgan fingerprint density at radius 1 is 1.09 bits per heavy atom. The lowest BCUT2D eigenvalue weighted by atomic mass is 9.49. The molecule has 1 aromatic carbocycles. The van der Waals surface area contributed by atoms with Gasteiger partial charge in [-0.05, 0) is 86.0 Å². The minimum absolute atomic E-state index is 0.164. The van der Waals surface area contributed by atoms with Crippen molar-refractivity contribution in [1.29, 1.82) is 0 Å². The van der Waals surface area contributed by atoms with Gasteiger partial charge >= 0.3 is 0 Å². The summed E-state index contributed by atoms with van der Waals surface area (Å²) in [6.07, 6.45) is 12.4. The van der Waals surface area contributed by atoms with Gasteiger partial charge in [-0.2, -0.15) is 0 Å². The molecule has 7 rings (SSSR count). The van der Waals surface area contributed by atoms with Gasteiger partial charge in [-0.1, -0.05) is 6.07 Å². The fourth-order valence-corrected chi connectivity index (χ4v) is 7.35. The van der Waals surface area contributed by atoms with Crippen molar-refractivity contribution in [2.24, 2.45) is 30.2 Å². The van der Waals surface area contributed by atoms with E-state index in [4.69, 9.17) is 4.98 Å². The summed E-state index contributed by atoms with van der Waals surface area (Å²) in [5.41, 5.74) is 2.00. The Balaban J connectivity index is 1.05. The number of hydrogen-bond acceptors (Lipinski definition) is 5. The van der Waals surface area contributed by atoms with Gasteiger partial charge in [0.25, 0.3) is 0 Å². The fraction of sp³-hybridized carbons (Fsp3) is 0.500. The second kappa shape index (κ2) is 9.26. The minimum Gasteiger partial charge on any atom is -0.369 e. The Bertz CT molecular complexity index is 1180. The van der Waals surface area contributed by atoms with Gasteiger partial charge in [0.1, 0.15) is 11.6 Å². The first-order chi connectivity index (χ1) is 17.1. The van der Waals surface area contributed by atoms with Gasteiger partial charge in [0, 0.05) is 44.3 Å². The predicted octanol–water partition coefficient (Wildman–Crippen LogP) is 4.72. The van der Waals surface area contributed by atoms with E-state index in [-0.39, 0.29) is 11.3 Å². The van der Waals surface area contributed by atoms with Gasteiger partial charge in [0.05, 0.1) is 17.7 Å². The molecule has 7 heteroatoms. The number of aryl methyl sites for hydroxylation is 1. The van der Waals surface area contributed by atoms with Crippen molar-refractivity contribution in [1.82, 2.24) is 19.9 Å². The molecule has 4 aliphatic rings. The molecule has 0 atom stereocenters. The zero-order valence-corrected chi connectivity index (χ0v) is 20.5. The molecule has 0 spiro atoms. The lowest BCUT2D eigenvalue weighted by Gasteiger charge is -2.56. The van der Waals surface area contributed by atoms with E-state index in [9.17, 15) is 4.79 Å². The average Bonchev–Trinajstić information content (AvgIpc) is 3.22. The number of anilines is 2. The number of benzene rings is 1. The molecule has 4 aliphatic carbocycles. The molecule has 4 fully saturated rings. The van der Waals surface area contributed by atoms with Gasteiger partial charge in [-0.15, -0.1) is 0 Å². The van der Waals surface area contributed by atoms with E-state index >= 15 is 0 Å². The second-order valence-electron chi connectivity index (χ2n) is 11.1. The maximum absolute atomic E-state index is 13.2. The summed E-state index contributed by atoms with van der Waals surface area (Å²) in [6, 6.07) is 10.0. The number of pyridine rings is 1. The molecule has 4 bridgehead atoms. The van der Waals surface area contributed by atoms with E-state index in [1.165, 1.54) is 38.5 Å². The highest BCUT2D eigenvalue weighted by molar-refractivity contribution is 6.01. The van der Waals surface area contributed by atoms with E-state index in [1.807, 2.05) is 48.6 Å². The van der Waals surface area contributed by atoms with Crippen molar-refractivity contribution in [2.75, 3.05) is 23.7 Å². The van der Waals surface area contributed by atoms with Gasteiger partial charge in [0.2, 0.25) is 5.91 Å². The van der Waals surface area contributed by atoms with Crippen LogP contribution in [0.15, 0.2) is 42.7 Å². The monoisotopic (exact) mass is 471 g/mol. The molecule has 2 heterocycles. The van der Waals surface area contributed by atoms with Crippen molar-refractivity contribution in [3.63, 3.8) is 0 Å². The van der Waals surface area contributed by atoms with Crippen LogP contribution in [0.4, 0.5) is 11.5 Å². The van der Waals surface area contributed by atoms with Crippen LogP contribution in [-0.2, 0) is 11.8 Å². The number of carbonyl (C=O) groups excluding carboxylic acids is 1. The summed E-state index contributed by atoms with van der Waals surface area (Å²) < 4.78 is 1.96. The third-order valence-electron chi connectivity index (χ3n) is 8.37. The Labute approximate surface area is 207 Å². The van der Waals surface area contributed by atoms with Crippen LogP contribution in [-0.4, -0.2) is 33.5 Å². The quantitative estimate of drug-likeness (QED) is 0.393. The van der Waals surface area contributed by atoms with Crippen LogP contribution in [0.5, 0.6) is 0 Å². The molecular weight excluding hydrogens is 436 g/mol.